The van der Waals surface area contributed by atoms with Gasteiger partial charge >= 0.3 is 0 Å². The topological polar surface area (TPSA) is 57.6 Å². The van der Waals surface area contributed by atoms with Crippen LogP contribution >= 0.6 is 0 Å². The second kappa shape index (κ2) is 5.38. The first kappa shape index (κ1) is 13.5. The number of rotatable bonds is 3. The molecule has 5 heteroatoms. The SMILES string of the molecule is C[C@@H]1CCCN(Cc2ccc(S(=O)(=O)O)cc2)C1. The molecule has 1 aliphatic rings. The lowest BCUT2D eigenvalue weighted by Gasteiger charge is -2.30. The van der Waals surface area contributed by atoms with Gasteiger partial charge in [-0.1, -0.05) is 19.1 Å². The van der Waals surface area contributed by atoms with Gasteiger partial charge in [0.05, 0.1) is 4.90 Å². The number of hydrogen-bond acceptors (Lipinski definition) is 3. The van der Waals surface area contributed by atoms with Crippen molar-refractivity contribution in [2.24, 2.45) is 5.92 Å². The van der Waals surface area contributed by atoms with E-state index in [0.717, 1.165) is 31.1 Å². The highest BCUT2D eigenvalue weighted by molar-refractivity contribution is 7.85. The van der Waals surface area contributed by atoms with Crippen molar-refractivity contribution >= 4 is 10.1 Å². The molecular weight excluding hydrogens is 250 g/mol. The van der Waals surface area contributed by atoms with Gasteiger partial charge in [-0.3, -0.25) is 9.45 Å². The van der Waals surface area contributed by atoms with Gasteiger partial charge in [-0.2, -0.15) is 8.42 Å². The van der Waals surface area contributed by atoms with Crippen molar-refractivity contribution in [1.29, 1.82) is 0 Å². The molecule has 1 atom stereocenters. The van der Waals surface area contributed by atoms with Gasteiger partial charge < -0.3 is 0 Å². The van der Waals surface area contributed by atoms with E-state index in [0.29, 0.717) is 0 Å². The number of benzene rings is 1. The summed E-state index contributed by atoms with van der Waals surface area (Å²) in [6, 6.07) is 6.45. The van der Waals surface area contributed by atoms with Crippen LogP contribution in [0, 0.1) is 5.92 Å². The molecule has 18 heavy (non-hydrogen) atoms. The van der Waals surface area contributed by atoms with Crippen LogP contribution in [0.3, 0.4) is 0 Å². The van der Waals surface area contributed by atoms with E-state index in [4.69, 9.17) is 4.55 Å². The lowest BCUT2D eigenvalue weighted by molar-refractivity contribution is 0.176. The average Bonchev–Trinajstić information content (AvgIpc) is 2.28. The first-order chi connectivity index (χ1) is 8.45. The van der Waals surface area contributed by atoms with Gasteiger partial charge in [0.25, 0.3) is 10.1 Å². The minimum Gasteiger partial charge on any atom is -0.299 e. The van der Waals surface area contributed by atoms with E-state index in [9.17, 15) is 8.42 Å². The molecule has 0 bridgehead atoms. The molecule has 0 saturated carbocycles. The number of likely N-dealkylation sites (tertiary alicyclic amines) is 1. The summed E-state index contributed by atoms with van der Waals surface area (Å²) >= 11 is 0. The Hall–Kier alpha value is -0.910. The molecule has 0 unspecified atom stereocenters. The maximum atomic E-state index is 10.9. The van der Waals surface area contributed by atoms with Crippen molar-refractivity contribution in [1.82, 2.24) is 4.90 Å². The molecule has 2 rings (SSSR count). The highest BCUT2D eigenvalue weighted by Crippen LogP contribution is 2.18. The molecule has 0 radical (unpaired) electrons. The molecular formula is C13H19NO3S. The fourth-order valence-electron chi connectivity index (χ4n) is 2.46. The van der Waals surface area contributed by atoms with Crippen LogP contribution in [0.2, 0.25) is 0 Å². The lowest BCUT2D eigenvalue weighted by Crippen LogP contribution is -2.33. The number of hydrogen-bond donors (Lipinski definition) is 1. The van der Waals surface area contributed by atoms with Crippen LogP contribution in [0.1, 0.15) is 25.3 Å². The molecule has 1 aromatic rings. The van der Waals surface area contributed by atoms with Gasteiger partial charge in [0, 0.05) is 13.1 Å². The normalized spacial score (nSPS) is 22.0. The van der Waals surface area contributed by atoms with E-state index in [-0.39, 0.29) is 4.90 Å². The highest BCUT2D eigenvalue weighted by atomic mass is 32.2. The largest absolute Gasteiger partial charge is 0.299 e. The molecule has 100 valence electrons. The number of piperidine rings is 1. The van der Waals surface area contributed by atoms with Crippen LogP contribution in [-0.2, 0) is 16.7 Å². The third-order valence-corrected chi connectivity index (χ3v) is 4.24. The molecule has 1 heterocycles. The second-order valence-corrected chi connectivity index (χ2v) is 6.52. The Bertz CT molecular complexity index is 495. The molecule has 1 aliphatic heterocycles. The van der Waals surface area contributed by atoms with Crippen molar-refractivity contribution in [2.45, 2.75) is 31.2 Å². The maximum Gasteiger partial charge on any atom is 0.294 e. The van der Waals surface area contributed by atoms with E-state index in [1.807, 2.05) is 0 Å². The molecule has 0 aromatic heterocycles. The third kappa shape index (κ3) is 3.54. The summed E-state index contributed by atoms with van der Waals surface area (Å²) < 4.78 is 30.7. The van der Waals surface area contributed by atoms with Crippen molar-refractivity contribution in [2.75, 3.05) is 13.1 Å². The van der Waals surface area contributed by atoms with Crippen LogP contribution < -0.4 is 0 Å². The Morgan fingerprint density at radius 1 is 1.33 bits per heavy atom. The standard InChI is InChI=1S/C13H19NO3S/c1-11-3-2-8-14(9-11)10-12-4-6-13(7-5-12)18(15,16)17/h4-7,11H,2-3,8-10H2,1H3,(H,15,16,17)/t11-/m1/s1. The molecule has 4 nitrogen and oxygen atoms in total. The van der Waals surface area contributed by atoms with Crippen LogP contribution in [0.5, 0.6) is 0 Å². The van der Waals surface area contributed by atoms with E-state index in [1.54, 1.807) is 12.1 Å². The van der Waals surface area contributed by atoms with Gasteiger partial charge in [0.15, 0.2) is 0 Å². The summed E-state index contributed by atoms with van der Waals surface area (Å²) in [5, 5.41) is 0. The van der Waals surface area contributed by atoms with E-state index >= 15 is 0 Å². The van der Waals surface area contributed by atoms with Crippen LogP contribution in [0.25, 0.3) is 0 Å². The monoisotopic (exact) mass is 269 g/mol. The van der Waals surface area contributed by atoms with Gasteiger partial charge in [0.1, 0.15) is 0 Å². The van der Waals surface area contributed by atoms with Crippen molar-refractivity contribution in [3.05, 3.63) is 29.8 Å². The van der Waals surface area contributed by atoms with E-state index in [2.05, 4.69) is 11.8 Å². The smallest absolute Gasteiger partial charge is 0.294 e. The van der Waals surface area contributed by atoms with Crippen molar-refractivity contribution in [3.8, 4) is 0 Å². The summed E-state index contributed by atoms with van der Waals surface area (Å²) in [5.41, 5.74) is 1.08. The quantitative estimate of drug-likeness (QED) is 0.854. The van der Waals surface area contributed by atoms with E-state index in [1.165, 1.54) is 25.0 Å². The molecule has 0 aliphatic carbocycles. The Balaban J connectivity index is 2.02. The van der Waals surface area contributed by atoms with Gasteiger partial charge in [-0.25, -0.2) is 0 Å². The van der Waals surface area contributed by atoms with E-state index < -0.39 is 10.1 Å². The Kier molecular flexibility index (Phi) is 4.04. The molecule has 0 spiro atoms. The Morgan fingerprint density at radius 3 is 2.56 bits per heavy atom. The maximum absolute atomic E-state index is 10.9. The fourth-order valence-corrected chi connectivity index (χ4v) is 2.94. The molecule has 1 N–H and O–H groups in total. The van der Waals surface area contributed by atoms with Crippen LogP contribution in [-0.4, -0.2) is 31.0 Å². The van der Waals surface area contributed by atoms with Crippen molar-refractivity contribution in [3.63, 3.8) is 0 Å². The average molecular weight is 269 g/mol. The number of nitrogens with zero attached hydrogens (tertiary/aromatic N) is 1. The van der Waals surface area contributed by atoms with Gasteiger partial charge in [-0.15, -0.1) is 0 Å². The van der Waals surface area contributed by atoms with Crippen LogP contribution in [0.15, 0.2) is 29.2 Å². The van der Waals surface area contributed by atoms with Crippen molar-refractivity contribution < 1.29 is 13.0 Å². The summed E-state index contributed by atoms with van der Waals surface area (Å²) in [6.45, 7) is 5.30. The Morgan fingerprint density at radius 2 is 2.00 bits per heavy atom. The zero-order chi connectivity index (χ0) is 13.2. The fraction of sp³-hybridized carbons (Fsp3) is 0.538. The third-order valence-electron chi connectivity index (χ3n) is 3.37. The summed E-state index contributed by atoms with van der Waals surface area (Å²) in [6.07, 6.45) is 2.52. The second-order valence-electron chi connectivity index (χ2n) is 5.10. The predicted octanol–water partition coefficient (Wildman–Crippen LogP) is 2.17. The zero-order valence-electron chi connectivity index (χ0n) is 10.5. The van der Waals surface area contributed by atoms with Crippen LogP contribution in [0.4, 0.5) is 0 Å². The Labute approximate surface area is 108 Å². The summed E-state index contributed by atoms with van der Waals surface area (Å²) in [7, 11) is -4.08. The first-order valence-corrected chi connectivity index (χ1v) is 7.68. The summed E-state index contributed by atoms with van der Waals surface area (Å²) in [4.78, 5) is 2.34. The van der Waals surface area contributed by atoms with Gasteiger partial charge in [0.2, 0.25) is 0 Å². The minimum absolute atomic E-state index is 0.0433. The first-order valence-electron chi connectivity index (χ1n) is 6.24. The predicted molar refractivity (Wildman–Crippen MR) is 69.9 cm³/mol. The highest BCUT2D eigenvalue weighted by Gasteiger charge is 2.16. The van der Waals surface area contributed by atoms with Gasteiger partial charge in [-0.05, 0) is 43.0 Å². The zero-order valence-corrected chi connectivity index (χ0v) is 11.4. The molecule has 1 aromatic carbocycles. The lowest BCUT2D eigenvalue weighted by atomic mass is 10.00. The minimum atomic E-state index is -4.08. The summed E-state index contributed by atoms with van der Waals surface area (Å²) in [5.74, 6) is 0.732. The molecule has 1 fully saturated rings. The molecule has 1 saturated heterocycles. The molecule has 0 amide bonds.